The topological polar surface area (TPSA) is 72.0 Å². The summed E-state index contributed by atoms with van der Waals surface area (Å²) in [5, 5.41) is 22.8. The zero-order chi connectivity index (χ0) is 17.3. The molecule has 25 heavy (non-hydrogen) atoms. The molecule has 1 aliphatic rings. The van der Waals surface area contributed by atoms with E-state index in [1.54, 1.807) is 40.1 Å². The van der Waals surface area contributed by atoms with Crippen LogP contribution < -0.4 is 0 Å². The van der Waals surface area contributed by atoms with Gasteiger partial charge in [0.25, 0.3) is 0 Å². The summed E-state index contributed by atoms with van der Waals surface area (Å²) in [5.41, 5.74) is 1.00. The number of aromatic nitrogens is 5. The zero-order valence-electron chi connectivity index (χ0n) is 13.7. The van der Waals surface area contributed by atoms with Gasteiger partial charge in [0.15, 0.2) is 0 Å². The Labute approximate surface area is 144 Å². The minimum Gasteiger partial charge on any atom is -0.387 e. The summed E-state index contributed by atoms with van der Waals surface area (Å²) in [5.74, 6) is -0.268. The van der Waals surface area contributed by atoms with Gasteiger partial charge in [-0.05, 0) is 36.8 Å². The molecule has 1 aromatic carbocycles. The number of rotatable bonds is 5. The number of hydrogen-bond donors (Lipinski definition) is 1. The Balaban J connectivity index is 1.45. The molecule has 0 radical (unpaired) electrons. The third-order valence-electron chi connectivity index (χ3n) is 4.52. The van der Waals surface area contributed by atoms with Gasteiger partial charge in [0.05, 0.1) is 29.7 Å². The molecule has 0 aliphatic carbocycles. The van der Waals surface area contributed by atoms with E-state index in [4.69, 9.17) is 0 Å². The molecule has 0 spiro atoms. The molecule has 8 heteroatoms. The Bertz CT molecular complexity index is 831. The van der Waals surface area contributed by atoms with E-state index in [2.05, 4.69) is 20.3 Å². The van der Waals surface area contributed by atoms with Crippen molar-refractivity contribution >= 4 is 0 Å². The van der Waals surface area contributed by atoms with Crippen molar-refractivity contribution in [3.63, 3.8) is 0 Å². The summed E-state index contributed by atoms with van der Waals surface area (Å²) in [6, 6.07) is 8.20. The Kier molecular flexibility index (Phi) is 4.06. The molecular weight excluding hydrogens is 323 g/mol. The fraction of sp³-hybridized carbons (Fsp3) is 0.353. The number of nitrogens with zero attached hydrogens (tertiary/aromatic N) is 6. The molecular formula is C17H19FN6O. The molecule has 3 heterocycles. The van der Waals surface area contributed by atoms with Gasteiger partial charge in [-0.25, -0.2) is 13.8 Å². The van der Waals surface area contributed by atoms with Crippen LogP contribution in [-0.4, -0.2) is 53.5 Å². The standard InChI is InChI=1S/C17H19FN6O/c18-14-1-3-15(4-2-14)24-16(5-7-20-24)11-22-9-6-17(25,12-22)13-23-10-8-19-21-23/h1-5,7-8,10,25H,6,9,11-13H2. The predicted octanol–water partition coefficient (Wildman–Crippen LogP) is 1.24. The molecule has 7 nitrogen and oxygen atoms in total. The summed E-state index contributed by atoms with van der Waals surface area (Å²) in [4.78, 5) is 2.19. The van der Waals surface area contributed by atoms with Crippen LogP contribution >= 0.6 is 0 Å². The quantitative estimate of drug-likeness (QED) is 0.755. The Morgan fingerprint density at radius 1 is 1.16 bits per heavy atom. The molecule has 1 aliphatic heterocycles. The fourth-order valence-electron chi connectivity index (χ4n) is 3.32. The first-order valence-electron chi connectivity index (χ1n) is 8.19. The summed E-state index contributed by atoms with van der Waals surface area (Å²) in [6.07, 6.45) is 5.77. The zero-order valence-corrected chi connectivity index (χ0v) is 13.7. The summed E-state index contributed by atoms with van der Waals surface area (Å²) in [7, 11) is 0. The highest BCUT2D eigenvalue weighted by Crippen LogP contribution is 2.25. The van der Waals surface area contributed by atoms with Crippen molar-refractivity contribution in [2.75, 3.05) is 13.1 Å². The number of hydrogen-bond acceptors (Lipinski definition) is 5. The van der Waals surface area contributed by atoms with Gasteiger partial charge in [-0.3, -0.25) is 4.90 Å². The highest BCUT2D eigenvalue weighted by atomic mass is 19.1. The van der Waals surface area contributed by atoms with Crippen LogP contribution in [0.1, 0.15) is 12.1 Å². The minimum atomic E-state index is -0.811. The first kappa shape index (κ1) is 15.9. The Morgan fingerprint density at radius 2 is 2.00 bits per heavy atom. The first-order valence-corrected chi connectivity index (χ1v) is 8.19. The number of aliphatic hydroxyl groups is 1. The number of β-amino-alcohol motifs (C(OH)–C–C–N with tert-alkyl or cyclic N) is 1. The van der Waals surface area contributed by atoms with Crippen molar-refractivity contribution in [2.45, 2.75) is 25.1 Å². The molecule has 2 aromatic heterocycles. The highest BCUT2D eigenvalue weighted by molar-refractivity contribution is 5.32. The minimum absolute atomic E-state index is 0.268. The molecule has 0 bridgehead atoms. The SMILES string of the molecule is OC1(Cn2ccnn2)CCN(Cc2ccnn2-c2ccc(F)cc2)C1. The third-order valence-corrected chi connectivity index (χ3v) is 4.52. The lowest BCUT2D eigenvalue weighted by molar-refractivity contribution is 0.0273. The van der Waals surface area contributed by atoms with Crippen molar-refractivity contribution in [3.05, 3.63) is 60.4 Å². The molecule has 130 valence electrons. The molecule has 3 aromatic rings. The second-order valence-corrected chi connectivity index (χ2v) is 6.50. The maximum atomic E-state index is 13.1. The van der Waals surface area contributed by atoms with Crippen LogP contribution in [0.2, 0.25) is 0 Å². The molecule has 0 amide bonds. The van der Waals surface area contributed by atoms with Crippen LogP contribution in [0.25, 0.3) is 5.69 Å². The van der Waals surface area contributed by atoms with Gasteiger partial charge in [0.2, 0.25) is 0 Å². The molecule has 0 saturated carbocycles. The molecule has 1 N–H and O–H groups in total. The van der Waals surface area contributed by atoms with Crippen LogP contribution in [0.4, 0.5) is 4.39 Å². The maximum absolute atomic E-state index is 13.1. The van der Waals surface area contributed by atoms with Gasteiger partial charge in [-0.2, -0.15) is 5.10 Å². The largest absolute Gasteiger partial charge is 0.387 e. The molecule has 4 rings (SSSR count). The number of benzene rings is 1. The van der Waals surface area contributed by atoms with Gasteiger partial charge in [-0.15, -0.1) is 5.10 Å². The normalized spacial score (nSPS) is 21.0. The number of likely N-dealkylation sites (tertiary alicyclic amines) is 1. The van der Waals surface area contributed by atoms with Crippen LogP contribution in [0, 0.1) is 5.82 Å². The third kappa shape index (κ3) is 3.45. The number of halogens is 1. The van der Waals surface area contributed by atoms with Crippen molar-refractivity contribution < 1.29 is 9.50 Å². The smallest absolute Gasteiger partial charge is 0.123 e. The predicted molar refractivity (Wildman–Crippen MR) is 88.4 cm³/mol. The molecule has 1 saturated heterocycles. The molecule has 1 atom stereocenters. The van der Waals surface area contributed by atoms with Crippen LogP contribution in [0.15, 0.2) is 48.9 Å². The van der Waals surface area contributed by atoms with E-state index >= 15 is 0 Å². The average Bonchev–Trinajstić information content (AvgIpc) is 3.32. The lowest BCUT2D eigenvalue weighted by Gasteiger charge is -2.23. The molecule has 1 unspecified atom stereocenters. The lowest BCUT2D eigenvalue weighted by atomic mass is 10.0. The van der Waals surface area contributed by atoms with E-state index in [1.807, 2.05) is 6.07 Å². The second-order valence-electron chi connectivity index (χ2n) is 6.50. The summed E-state index contributed by atoms with van der Waals surface area (Å²) >= 11 is 0. The van der Waals surface area contributed by atoms with Crippen LogP contribution in [0.3, 0.4) is 0 Å². The van der Waals surface area contributed by atoms with Crippen LogP contribution in [0.5, 0.6) is 0 Å². The van der Waals surface area contributed by atoms with Crippen molar-refractivity contribution in [1.82, 2.24) is 29.7 Å². The highest BCUT2D eigenvalue weighted by Gasteiger charge is 2.36. The van der Waals surface area contributed by atoms with Gasteiger partial charge in [0, 0.05) is 32.0 Å². The maximum Gasteiger partial charge on any atom is 0.123 e. The average molecular weight is 342 g/mol. The summed E-state index contributed by atoms with van der Waals surface area (Å²) < 4.78 is 16.6. The van der Waals surface area contributed by atoms with Gasteiger partial charge < -0.3 is 5.11 Å². The molecule has 1 fully saturated rings. The summed E-state index contributed by atoms with van der Waals surface area (Å²) in [6.45, 7) is 2.44. The van der Waals surface area contributed by atoms with E-state index in [0.29, 0.717) is 26.1 Å². The van der Waals surface area contributed by atoms with Gasteiger partial charge >= 0.3 is 0 Å². The van der Waals surface area contributed by atoms with Gasteiger partial charge in [-0.1, -0.05) is 5.21 Å². The first-order chi connectivity index (χ1) is 12.1. The monoisotopic (exact) mass is 342 g/mol. The fourth-order valence-corrected chi connectivity index (χ4v) is 3.32. The van der Waals surface area contributed by atoms with Crippen molar-refractivity contribution in [2.24, 2.45) is 0 Å². The van der Waals surface area contributed by atoms with E-state index < -0.39 is 5.60 Å². The van der Waals surface area contributed by atoms with E-state index in [9.17, 15) is 9.50 Å². The Morgan fingerprint density at radius 3 is 2.76 bits per heavy atom. The van der Waals surface area contributed by atoms with Crippen LogP contribution in [-0.2, 0) is 13.1 Å². The second kappa shape index (κ2) is 6.38. The van der Waals surface area contributed by atoms with Gasteiger partial charge in [0.1, 0.15) is 5.82 Å². The van der Waals surface area contributed by atoms with Crippen molar-refractivity contribution in [3.8, 4) is 5.69 Å². The van der Waals surface area contributed by atoms with E-state index in [-0.39, 0.29) is 5.82 Å². The lowest BCUT2D eigenvalue weighted by Crippen LogP contribution is -2.37. The van der Waals surface area contributed by atoms with E-state index in [1.165, 1.54) is 12.1 Å². The van der Waals surface area contributed by atoms with Crippen molar-refractivity contribution in [1.29, 1.82) is 0 Å². The Hall–Kier alpha value is -2.58. The van der Waals surface area contributed by atoms with E-state index in [0.717, 1.165) is 17.9 Å².